The molecule has 0 spiro atoms. The van der Waals surface area contributed by atoms with Crippen molar-refractivity contribution in [2.45, 2.75) is 92.0 Å². The van der Waals surface area contributed by atoms with Crippen LogP contribution in [0.3, 0.4) is 0 Å². The number of hydrogen-bond donors (Lipinski definition) is 3. The van der Waals surface area contributed by atoms with Crippen molar-refractivity contribution >= 4 is 11.4 Å². The maximum absolute atomic E-state index is 10.2. The first kappa shape index (κ1) is 26.7. The number of nitrogens with two attached hydrogens (primary N) is 1. The standard InChI is InChI=1S/C32H44N2O/c1-19(2)26-14-23(15-27(20(3)4)31(26)33)13-24-16-28(21(5)6)32(29(17-24)22(7)8)34-18-25-11-9-10-12-30(25)35/h9-12,14-17,19-22,34-35H,13,18,33H2,1-8H3. The van der Waals surface area contributed by atoms with Crippen molar-refractivity contribution in [1.82, 2.24) is 0 Å². The van der Waals surface area contributed by atoms with E-state index in [2.05, 4.69) is 85.0 Å². The van der Waals surface area contributed by atoms with Gasteiger partial charge in [-0.3, -0.25) is 0 Å². The molecule has 4 N–H and O–H groups in total. The Balaban J connectivity index is 2.04. The number of hydrogen-bond acceptors (Lipinski definition) is 3. The highest BCUT2D eigenvalue weighted by Crippen LogP contribution is 2.37. The van der Waals surface area contributed by atoms with Gasteiger partial charge in [-0.2, -0.15) is 0 Å². The lowest BCUT2D eigenvalue weighted by molar-refractivity contribution is 0.469. The average molecular weight is 473 g/mol. The number of para-hydroxylation sites is 1. The van der Waals surface area contributed by atoms with E-state index in [9.17, 15) is 5.11 Å². The first-order valence-electron chi connectivity index (χ1n) is 13.1. The lowest BCUT2D eigenvalue weighted by atomic mass is 9.86. The minimum absolute atomic E-state index is 0.332. The van der Waals surface area contributed by atoms with Gasteiger partial charge < -0.3 is 16.2 Å². The van der Waals surface area contributed by atoms with Crippen molar-refractivity contribution in [1.29, 1.82) is 0 Å². The molecule has 0 aliphatic rings. The van der Waals surface area contributed by atoms with E-state index in [1.54, 1.807) is 6.07 Å². The molecule has 0 fully saturated rings. The maximum atomic E-state index is 10.2. The second-order valence-corrected chi connectivity index (χ2v) is 11.1. The van der Waals surface area contributed by atoms with E-state index < -0.39 is 0 Å². The van der Waals surface area contributed by atoms with Crippen LogP contribution in [0.4, 0.5) is 11.4 Å². The average Bonchev–Trinajstić information content (AvgIpc) is 2.79. The molecule has 0 aliphatic carbocycles. The van der Waals surface area contributed by atoms with E-state index >= 15 is 0 Å². The van der Waals surface area contributed by atoms with Gasteiger partial charge in [-0.25, -0.2) is 0 Å². The number of phenolic OH excluding ortho intramolecular Hbond substituents is 1. The van der Waals surface area contributed by atoms with Crippen LogP contribution in [-0.4, -0.2) is 5.11 Å². The van der Waals surface area contributed by atoms with Crippen LogP contribution in [0.5, 0.6) is 5.75 Å². The predicted molar refractivity (Wildman–Crippen MR) is 152 cm³/mol. The molecule has 35 heavy (non-hydrogen) atoms. The van der Waals surface area contributed by atoms with Gasteiger partial charge in [0, 0.05) is 23.5 Å². The van der Waals surface area contributed by atoms with E-state index in [1.807, 2.05) is 18.2 Å². The summed E-state index contributed by atoms with van der Waals surface area (Å²) in [6.07, 6.45) is 0.888. The fourth-order valence-corrected chi connectivity index (χ4v) is 4.87. The molecule has 188 valence electrons. The van der Waals surface area contributed by atoms with E-state index in [0.29, 0.717) is 36.0 Å². The van der Waals surface area contributed by atoms with Gasteiger partial charge in [0.15, 0.2) is 0 Å². The van der Waals surface area contributed by atoms with Crippen molar-refractivity contribution < 1.29 is 5.11 Å². The molecule has 0 atom stereocenters. The quantitative estimate of drug-likeness (QED) is 0.273. The van der Waals surface area contributed by atoms with Gasteiger partial charge in [0.2, 0.25) is 0 Å². The second kappa shape index (κ2) is 11.2. The molecular weight excluding hydrogens is 428 g/mol. The number of phenols is 1. The van der Waals surface area contributed by atoms with Gasteiger partial charge in [0.1, 0.15) is 5.75 Å². The van der Waals surface area contributed by atoms with Crippen molar-refractivity contribution in [2.75, 3.05) is 11.1 Å². The summed E-state index contributed by atoms with van der Waals surface area (Å²) in [5.41, 5.74) is 17.4. The zero-order chi connectivity index (χ0) is 25.9. The van der Waals surface area contributed by atoms with Crippen LogP contribution < -0.4 is 11.1 Å². The SMILES string of the molecule is CC(C)c1cc(Cc2cc(C(C)C)c(NCc3ccccc3O)c(C(C)C)c2)cc(C(C)C)c1N. The highest BCUT2D eigenvalue weighted by atomic mass is 16.3. The molecule has 0 saturated carbocycles. The summed E-state index contributed by atoms with van der Waals surface area (Å²) in [5, 5.41) is 13.9. The highest BCUT2D eigenvalue weighted by Gasteiger charge is 2.18. The van der Waals surface area contributed by atoms with Crippen molar-refractivity contribution in [2.24, 2.45) is 0 Å². The molecule has 0 saturated heterocycles. The number of benzene rings is 3. The molecule has 3 rings (SSSR count). The Morgan fingerprint density at radius 2 is 1.11 bits per heavy atom. The molecule has 3 aromatic carbocycles. The van der Waals surface area contributed by atoms with Crippen molar-refractivity contribution in [3.8, 4) is 5.75 Å². The largest absolute Gasteiger partial charge is 0.508 e. The highest BCUT2D eigenvalue weighted by molar-refractivity contribution is 5.63. The van der Waals surface area contributed by atoms with E-state index in [1.165, 1.54) is 39.1 Å². The topological polar surface area (TPSA) is 58.3 Å². The van der Waals surface area contributed by atoms with E-state index in [0.717, 1.165) is 17.7 Å². The van der Waals surface area contributed by atoms with E-state index in [-0.39, 0.29) is 0 Å². The summed E-state index contributed by atoms with van der Waals surface area (Å²) in [7, 11) is 0. The van der Waals surface area contributed by atoms with Gasteiger partial charge in [-0.15, -0.1) is 0 Å². The third-order valence-electron chi connectivity index (χ3n) is 6.91. The molecule has 0 aromatic heterocycles. The minimum atomic E-state index is 0.332. The number of nitrogens with one attached hydrogen (secondary N) is 1. The molecular formula is C32H44N2O. The number of anilines is 2. The molecule has 0 unspecified atom stereocenters. The monoisotopic (exact) mass is 472 g/mol. The normalized spacial score (nSPS) is 11.8. The van der Waals surface area contributed by atoms with Gasteiger partial charge in [-0.05, 0) is 69.5 Å². The molecule has 0 radical (unpaired) electrons. The number of aromatic hydroxyl groups is 1. The third kappa shape index (κ3) is 6.20. The Bertz CT molecular complexity index is 1100. The summed E-state index contributed by atoms with van der Waals surface area (Å²) in [4.78, 5) is 0. The van der Waals surface area contributed by atoms with Crippen molar-refractivity contribution in [3.63, 3.8) is 0 Å². The molecule has 0 amide bonds. The predicted octanol–water partition coefficient (Wildman–Crippen LogP) is 8.67. The first-order chi connectivity index (χ1) is 16.5. The minimum Gasteiger partial charge on any atom is -0.508 e. The van der Waals surface area contributed by atoms with E-state index in [4.69, 9.17) is 5.73 Å². The van der Waals surface area contributed by atoms with Gasteiger partial charge in [0.05, 0.1) is 0 Å². The Kier molecular flexibility index (Phi) is 8.53. The summed E-state index contributed by atoms with van der Waals surface area (Å²) >= 11 is 0. The van der Waals surface area contributed by atoms with Crippen LogP contribution in [0.1, 0.15) is 118 Å². The lowest BCUT2D eigenvalue weighted by Crippen LogP contribution is -2.10. The van der Waals surface area contributed by atoms with Crippen LogP contribution in [0.2, 0.25) is 0 Å². The van der Waals surface area contributed by atoms with Crippen LogP contribution in [-0.2, 0) is 13.0 Å². The Morgan fingerprint density at radius 1 is 0.686 bits per heavy atom. The Morgan fingerprint density at radius 3 is 1.54 bits per heavy atom. The molecule has 0 heterocycles. The Hall–Kier alpha value is -2.94. The fourth-order valence-electron chi connectivity index (χ4n) is 4.87. The van der Waals surface area contributed by atoms with Gasteiger partial charge in [0.25, 0.3) is 0 Å². The zero-order valence-electron chi connectivity index (χ0n) is 22.9. The maximum Gasteiger partial charge on any atom is 0.120 e. The van der Waals surface area contributed by atoms with Crippen LogP contribution in [0.15, 0.2) is 48.5 Å². The summed E-state index contributed by atoms with van der Waals surface area (Å²) in [5.74, 6) is 1.88. The molecule has 0 bridgehead atoms. The third-order valence-corrected chi connectivity index (χ3v) is 6.91. The molecule has 0 aliphatic heterocycles. The number of nitrogen functional groups attached to an aromatic ring is 1. The van der Waals surface area contributed by atoms with Crippen molar-refractivity contribution in [3.05, 3.63) is 87.5 Å². The van der Waals surface area contributed by atoms with Gasteiger partial charge in [-0.1, -0.05) is 97.9 Å². The van der Waals surface area contributed by atoms with Crippen LogP contribution >= 0.6 is 0 Å². The zero-order valence-corrected chi connectivity index (χ0v) is 22.9. The molecule has 3 aromatic rings. The second-order valence-electron chi connectivity index (χ2n) is 11.1. The fraction of sp³-hybridized carbons (Fsp3) is 0.438. The number of rotatable bonds is 9. The smallest absolute Gasteiger partial charge is 0.120 e. The van der Waals surface area contributed by atoms with Crippen LogP contribution in [0.25, 0.3) is 0 Å². The summed E-state index contributed by atoms with van der Waals surface area (Å²) in [6.45, 7) is 18.5. The molecule has 3 nitrogen and oxygen atoms in total. The van der Waals surface area contributed by atoms with Gasteiger partial charge >= 0.3 is 0 Å². The Labute approximate surface area is 212 Å². The first-order valence-corrected chi connectivity index (χ1v) is 13.1. The summed E-state index contributed by atoms with van der Waals surface area (Å²) in [6, 6.07) is 16.9. The lowest BCUT2D eigenvalue weighted by Gasteiger charge is -2.24. The van der Waals surface area contributed by atoms with Crippen LogP contribution in [0, 0.1) is 0 Å². The summed E-state index contributed by atoms with van der Waals surface area (Å²) < 4.78 is 0. The molecule has 3 heteroatoms.